The third-order valence-electron chi connectivity index (χ3n) is 2.79. The number of aliphatic imine (C=N–C) groups is 1. The highest BCUT2D eigenvalue weighted by Crippen LogP contribution is 2.15. The maximum absolute atomic E-state index is 12.0. The zero-order valence-corrected chi connectivity index (χ0v) is 13.3. The predicted octanol–water partition coefficient (Wildman–Crippen LogP) is 2.76. The zero-order chi connectivity index (χ0) is 15.5. The van der Waals surface area contributed by atoms with Gasteiger partial charge in [-0.25, -0.2) is 14.8 Å². The minimum Gasteiger partial charge on any atom is -0.444 e. The van der Waals surface area contributed by atoms with E-state index < -0.39 is 5.60 Å². The van der Waals surface area contributed by atoms with E-state index in [-0.39, 0.29) is 12.0 Å². The van der Waals surface area contributed by atoms with Crippen molar-refractivity contribution in [3.8, 4) is 0 Å². The Labute approximate surface area is 127 Å². The molecule has 0 radical (unpaired) electrons. The Balaban J connectivity index is 2.00. The molecule has 1 aromatic heterocycles. The lowest BCUT2D eigenvalue weighted by Gasteiger charge is -2.30. The number of likely N-dealkylation sites (tertiary alicyclic amines) is 1. The fourth-order valence-electron chi connectivity index (χ4n) is 1.95. The van der Waals surface area contributed by atoms with Crippen molar-refractivity contribution in [1.82, 2.24) is 9.88 Å². The lowest BCUT2D eigenvalue weighted by molar-refractivity contribution is 0.0266. The Kier molecular flexibility index (Phi) is 4.72. The molecule has 1 aliphatic heterocycles. The first-order chi connectivity index (χ1) is 9.85. The van der Waals surface area contributed by atoms with Gasteiger partial charge in [0.15, 0.2) is 5.01 Å². The molecule has 1 saturated heterocycles. The van der Waals surface area contributed by atoms with Gasteiger partial charge in [-0.1, -0.05) is 0 Å². The number of amides is 2. The molecule has 114 valence electrons. The van der Waals surface area contributed by atoms with Gasteiger partial charge in [0.25, 0.3) is 0 Å². The summed E-state index contributed by atoms with van der Waals surface area (Å²) in [5, 5.41) is 2.11. The third kappa shape index (κ3) is 4.63. The lowest BCUT2D eigenvalue weighted by Crippen LogP contribution is -2.43. The summed E-state index contributed by atoms with van der Waals surface area (Å²) in [5.74, 6) is -0.342. The van der Waals surface area contributed by atoms with Gasteiger partial charge in [-0.3, -0.25) is 4.79 Å². The van der Waals surface area contributed by atoms with Crippen LogP contribution in [0.5, 0.6) is 0 Å². The summed E-state index contributed by atoms with van der Waals surface area (Å²) < 4.78 is 5.34. The lowest BCUT2D eigenvalue weighted by atomic mass is 10.1. The van der Waals surface area contributed by atoms with Gasteiger partial charge in [-0.15, -0.1) is 11.3 Å². The summed E-state index contributed by atoms with van der Waals surface area (Å²) in [4.78, 5) is 33.5. The first kappa shape index (κ1) is 15.6. The Morgan fingerprint density at radius 3 is 2.81 bits per heavy atom. The van der Waals surface area contributed by atoms with Crippen LogP contribution < -0.4 is 0 Å². The number of carbonyl (C=O) groups excluding carboxylic acids is 2. The van der Waals surface area contributed by atoms with E-state index in [0.717, 1.165) is 12.8 Å². The highest BCUT2D eigenvalue weighted by Gasteiger charge is 2.26. The van der Waals surface area contributed by atoms with E-state index in [1.807, 2.05) is 20.8 Å². The van der Waals surface area contributed by atoms with Crippen LogP contribution in [-0.2, 0) is 4.74 Å². The number of thiazole rings is 1. The van der Waals surface area contributed by atoms with Crippen molar-refractivity contribution in [3.05, 3.63) is 16.6 Å². The van der Waals surface area contributed by atoms with Crippen LogP contribution in [0.15, 0.2) is 16.6 Å². The van der Waals surface area contributed by atoms with Crippen LogP contribution in [0.4, 0.5) is 4.79 Å². The second kappa shape index (κ2) is 6.34. The van der Waals surface area contributed by atoms with Gasteiger partial charge in [0.05, 0.1) is 6.54 Å². The molecule has 6 nitrogen and oxygen atoms in total. The van der Waals surface area contributed by atoms with Crippen molar-refractivity contribution in [2.24, 2.45) is 4.99 Å². The molecule has 21 heavy (non-hydrogen) atoms. The maximum atomic E-state index is 12.0. The van der Waals surface area contributed by atoms with Crippen molar-refractivity contribution in [2.75, 3.05) is 13.1 Å². The number of carbonyl (C=O) groups is 2. The largest absolute Gasteiger partial charge is 0.444 e. The minimum absolute atomic E-state index is 0.339. The van der Waals surface area contributed by atoms with Gasteiger partial charge in [0.2, 0.25) is 0 Å². The SMILES string of the molecule is CC(C)(C)OC(=O)N1CCCC(=NC(=O)c2nccs2)C1. The number of nitrogens with zero attached hydrogens (tertiary/aromatic N) is 3. The van der Waals surface area contributed by atoms with Crippen LogP contribution in [0, 0.1) is 0 Å². The summed E-state index contributed by atoms with van der Waals surface area (Å²) in [6.07, 6.45) is 2.71. The molecular formula is C14H19N3O3S. The van der Waals surface area contributed by atoms with Gasteiger partial charge in [0.1, 0.15) is 5.60 Å². The second-order valence-electron chi connectivity index (χ2n) is 5.83. The van der Waals surface area contributed by atoms with Gasteiger partial charge in [-0.05, 0) is 33.6 Å². The van der Waals surface area contributed by atoms with Gasteiger partial charge in [-0.2, -0.15) is 0 Å². The number of rotatable bonds is 1. The summed E-state index contributed by atoms with van der Waals surface area (Å²) in [6.45, 7) is 6.45. The Morgan fingerprint density at radius 1 is 1.43 bits per heavy atom. The van der Waals surface area contributed by atoms with Gasteiger partial charge in [0, 0.05) is 23.8 Å². The molecule has 0 aromatic carbocycles. The molecule has 1 fully saturated rings. The quantitative estimate of drug-likeness (QED) is 0.799. The standard InChI is InChI=1S/C14H19N3O3S/c1-14(2,3)20-13(19)17-7-4-5-10(9-17)16-11(18)12-15-6-8-21-12/h6,8H,4-5,7,9H2,1-3H3. The molecular weight excluding hydrogens is 290 g/mol. The van der Waals surface area contributed by atoms with Crippen LogP contribution in [0.1, 0.15) is 43.4 Å². The number of piperidine rings is 1. The van der Waals surface area contributed by atoms with Crippen molar-refractivity contribution in [2.45, 2.75) is 39.2 Å². The Morgan fingerprint density at radius 2 is 2.19 bits per heavy atom. The maximum Gasteiger partial charge on any atom is 0.410 e. The zero-order valence-electron chi connectivity index (χ0n) is 12.5. The van der Waals surface area contributed by atoms with Crippen LogP contribution in [0.3, 0.4) is 0 Å². The molecule has 0 bridgehead atoms. The smallest absolute Gasteiger partial charge is 0.410 e. The number of hydrogen-bond donors (Lipinski definition) is 0. The summed E-state index contributed by atoms with van der Waals surface area (Å²) in [6, 6.07) is 0. The average molecular weight is 309 g/mol. The first-order valence-electron chi connectivity index (χ1n) is 6.83. The molecule has 0 atom stereocenters. The molecule has 0 N–H and O–H groups in total. The second-order valence-corrected chi connectivity index (χ2v) is 6.72. The van der Waals surface area contributed by atoms with Crippen molar-refractivity contribution in [1.29, 1.82) is 0 Å². The van der Waals surface area contributed by atoms with E-state index in [0.29, 0.717) is 23.8 Å². The number of ether oxygens (including phenoxy) is 1. The van der Waals surface area contributed by atoms with E-state index in [9.17, 15) is 9.59 Å². The topological polar surface area (TPSA) is 71.9 Å². The van der Waals surface area contributed by atoms with Gasteiger partial charge < -0.3 is 9.64 Å². The highest BCUT2D eigenvalue weighted by molar-refractivity contribution is 7.11. The molecule has 1 aliphatic rings. The third-order valence-corrected chi connectivity index (χ3v) is 3.55. The summed E-state index contributed by atoms with van der Waals surface area (Å²) in [7, 11) is 0. The van der Waals surface area contributed by atoms with Crippen molar-refractivity contribution >= 4 is 29.0 Å². The van der Waals surface area contributed by atoms with E-state index >= 15 is 0 Å². The van der Waals surface area contributed by atoms with Gasteiger partial charge >= 0.3 is 12.0 Å². The molecule has 2 heterocycles. The minimum atomic E-state index is -0.525. The monoisotopic (exact) mass is 309 g/mol. The first-order valence-corrected chi connectivity index (χ1v) is 7.71. The molecule has 0 aliphatic carbocycles. The van der Waals surface area contributed by atoms with Crippen LogP contribution in [0.25, 0.3) is 0 Å². The van der Waals surface area contributed by atoms with Crippen molar-refractivity contribution < 1.29 is 14.3 Å². The fraction of sp³-hybridized carbons (Fsp3) is 0.571. The molecule has 0 spiro atoms. The highest BCUT2D eigenvalue weighted by atomic mass is 32.1. The molecule has 1 aromatic rings. The molecule has 0 saturated carbocycles. The van der Waals surface area contributed by atoms with Crippen molar-refractivity contribution in [3.63, 3.8) is 0 Å². The average Bonchev–Trinajstić information content (AvgIpc) is 2.91. The Bertz CT molecular complexity index is 546. The van der Waals surface area contributed by atoms with E-state index in [1.165, 1.54) is 11.3 Å². The van der Waals surface area contributed by atoms with Crippen LogP contribution in [-0.4, -0.2) is 46.3 Å². The van der Waals surface area contributed by atoms with Crippen LogP contribution in [0.2, 0.25) is 0 Å². The summed E-state index contributed by atoms with van der Waals surface area (Å²) in [5.41, 5.74) is 0.176. The molecule has 2 rings (SSSR count). The van der Waals surface area contributed by atoms with E-state index in [2.05, 4.69) is 9.98 Å². The van der Waals surface area contributed by atoms with Crippen LogP contribution >= 0.6 is 11.3 Å². The predicted molar refractivity (Wildman–Crippen MR) is 80.9 cm³/mol. The summed E-state index contributed by atoms with van der Waals surface area (Å²) >= 11 is 1.26. The number of hydrogen-bond acceptors (Lipinski definition) is 5. The number of aromatic nitrogens is 1. The normalized spacial score (nSPS) is 17.9. The molecule has 7 heteroatoms. The fourth-order valence-corrected chi connectivity index (χ4v) is 2.47. The van der Waals surface area contributed by atoms with E-state index in [4.69, 9.17) is 4.74 Å². The van der Waals surface area contributed by atoms with E-state index in [1.54, 1.807) is 16.5 Å². The molecule has 2 amide bonds. The Hall–Kier alpha value is -1.76. The molecule has 0 unspecified atom stereocenters.